The highest BCUT2D eigenvalue weighted by molar-refractivity contribution is 6.01. The lowest BCUT2D eigenvalue weighted by Gasteiger charge is -2.29. The number of fused-ring (bicyclic) bond motifs is 1. The van der Waals surface area contributed by atoms with Gasteiger partial charge in [0.25, 0.3) is 11.8 Å². The van der Waals surface area contributed by atoms with Gasteiger partial charge in [-0.1, -0.05) is 0 Å². The molecule has 2 N–H and O–H groups in total. The van der Waals surface area contributed by atoms with Crippen LogP contribution < -0.4 is 15.1 Å². The van der Waals surface area contributed by atoms with E-state index in [2.05, 4.69) is 4.74 Å². The number of carbonyl (C=O) groups is 2. The van der Waals surface area contributed by atoms with Gasteiger partial charge >= 0.3 is 6.18 Å². The fourth-order valence-corrected chi connectivity index (χ4v) is 2.00. The van der Waals surface area contributed by atoms with Gasteiger partial charge in [-0.3, -0.25) is 14.8 Å². The topological polar surface area (TPSA) is 88.1 Å². The van der Waals surface area contributed by atoms with Crippen LogP contribution in [0.2, 0.25) is 0 Å². The highest BCUT2D eigenvalue weighted by Gasteiger charge is 2.29. The Balaban J connectivity index is 2.11. The summed E-state index contributed by atoms with van der Waals surface area (Å²) in [5, 5.41) is 8.62. The highest BCUT2D eigenvalue weighted by atomic mass is 19.4. The van der Waals surface area contributed by atoms with E-state index in [0.717, 1.165) is 0 Å². The molecule has 0 saturated heterocycles. The fraction of sp³-hybridized carbons (Fsp3) is 0.385. The van der Waals surface area contributed by atoms with Crippen LogP contribution in [-0.4, -0.2) is 49.6 Å². The molecule has 1 aliphatic rings. The maximum atomic E-state index is 12.0. The number of alkyl halides is 3. The monoisotopic (exact) mass is 334 g/mol. The maximum Gasteiger partial charge on any atom is 0.411 e. The standard InChI is InChI=1S/C13H13F3N2O5/c14-13(15,16)7-22-4-3-18-9-5-8(12(20)17-21)1-2-10(9)23-6-11(18)19/h1-2,5,21H,3-4,6-7H2,(H,17,20). The number of benzene rings is 1. The Bertz CT molecular complexity index is 606. The van der Waals surface area contributed by atoms with Crippen LogP contribution in [0.1, 0.15) is 10.4 Å². The molecule has 0 atom stereocenters. The molecule has 0 radical (unpaired) electrons. The number of nitrogens with zero attached hydrogens (tertiary/aromatic N) is 1. The van der Waals surface area contributed by atoms with Gasteiger partial charge in [-0.25, -0.2) is 5.48 Å². The van der Waals surface area contributed by atoms with Gasteiger partial charge in [0.15, 0.2) is 6.61 Å². The predicted molar refractivity (Wildman–Crippen MR) is 70.4 cm³/mol. The van der Waals surface area contributed by atoms with Crippen molar-refractivity contribution in [3.8, 4) is 5.75 Å². The Kier molecular flexibility index (Phi) is 5.06. The molecule has 0 aliphatic carbocycles. The number of ether oxygens (including phenoxy) is 2. The van der Waals surface area contributed by atoms with Crippen molar-refractivity contribution in [3.63, 3.8) is 0 Å². The fourth-order valence-electron chi connectivity index (χ4n) is 2.00. The number of hydrogen-bond donors (Lipinski definition) is 2. The number of carbonyl (C=O) groups excluding carboxylic acids is 2. The number of halogens is 3. The molecule has 10 heteroatoms. The van der Waals surface area contributed by atoms with Gasteiger partial charge in [0.2, 0.25) is 0 Å². The Morgan fingerprint density at radius 1 is 1.43 bits per heavy atom. The third-order valence-electron chi connectivity index (χ3n) is 2.99. The molecule has 23 heavy (non-hydrogen) atoms. The maximum absolute atomic E-state index is 12.0. The van der Waals surface area contributed by atoms with Crippen molar-refractivity contribution in [1.29, 1.82) is 0 Å². The molecule has 0 aromatic heterocycles. The number of anilines is 1. The molecule has 0 fully saturated rings. The van der Waals surface area contributed by atoms with Crippen molar-refractivity contribution in [1.82, 2.24) is 5.48 Å². The van der Waals surface area contributed by atoms with Crippen molar-refractivity contribution in [3.05, 3.63) is 23.8 Å². The summed E-state index contributed by atoms with van der Waals surface area (Å²) in [6.45, 7) is -2.14. The van der Waals surface area contributed by atoms with Crippen LogP contribution >= 0.6 is 0 Å². The van der Waals surface area contributed by atoms with Gasteiger partial charge in [-0.2, -0.15) is 13.2 Å². The SMILES string of the molecule is O=C(NO)c1ccc2c(c1)N(CCOCC(F)(F)F)C(=O)CO2. The second-order valence-corrected chi connectivity index (χ2v) is 4.63. The van der Waals surface area contributed by atoms with Crippen molar-refractivity contribution in [2.45, 2.75) is 6.18 Å². The average Bonchev–Trinajstić information content (AvgIpc) is 2.50. The van der Waals surface area contributed by atoms with Crippen LogP contribution in [0.15, 0.2) is 18.2 Å². The van der Waals surface area contributed by atoms with E-state index in [4.69, 9.17) is 9.94 Å². The van der Waals surface area contributed by atoms with Crippen LogP contribution in [0.3, 0.4) is 0 Å². The van der Waals surface area contributed by atoms with Gasteiger partial charge in [0.1, 0.15) is 12.4 Å². The molecule has 0 bridgehead atoms. The van der Waals surface area contributed by atoms with Crippen molar-refractivity contribution < 1.29 is 37.4 Å². The zero-order valence-electron chi connectivity index (χ0n) is 11.7. The molecule has 1 heterocycles. The summed E-state index contributed by atoms with van der Waals surface area (Å²) in [5.74, 6) is -0.969. The molecule has 2 amide bonds. The summed E-state index contributed by atoms with van der Waals surface area (Å²) in [5.41, 5.74) is 1.73. The molecular formula is C13H13F3N2O5. The van der Waals surface area contributed by atoms with Gasteiger partial charge in [0, 0.05) is 12.1 Å². The Morgan fingerprint density at radius 3 is 2.83 bits per heavy atom. The number of nitrogens with one attached hydrogen (secondary N) is 1. The number of hydroxylamine groups is 1. The second kappa shape index (κ2) is 6.84. The predicted octanol–water partition coefficient (Wildman–Crippen LogP) is 1.11. The van der Waals surface area contributed by atoms with E-state index in [1.807, 2.05) is 0 Å². The van der Waals surface area contributed by atoms with Crippen LogP contribution in [0.25, 0.3) is 0 Å². The zero-order chi connectivity index (χ0) is 17.0. The normalized spacial score (nSPS) is 14.3. The Hall–Kier alpha value is -2.33. The van der Waals surface area contributed by atoms with Crippen LogP contribution in [0.5, 0.6) is 5.75 Å². The summed E-state index contributed by atoms with van der Waals surface area (Å²) < 4.78 is 45.7. The summed E-state index contributed by atoms with van der Waals surface area (Å²) in [6, 6.07) is 4.09. The van der Waals surface area contributed by atoms with Gasteiger partial charge < -0.3 is 14.4 Å². The van der Waals surface area contributed by atoms with Crippen molar-refractivity contribution >= 4 is 17.5 Å². The second-order valence-electron chi connectivity index (χ2n) is 4.63. The van der Waals surface area contributed by atoms with E-state index in [1.165, 1.54) is 28.6 Å². The first kappa shape index (κ1) is 17.0. The van der Waals surface area contributed by atoms with Crippen molar-refractivity contribution in [2.24, 2.45) is 0 Å². The third kappa shape index (κ3) is 4.33. The quantitative estimate of drug-likeness (QED) is 0.478. The third-order valence-corrected chi connectivity index (χ3v) is 2.99. The van der Waals surface area contributed by atoms with Gasteiger partial charge in [0.05, 0.1) is 12.3 Å². The molecule has 0 spiro atoms. The van der Waals surface area contributed by atoms with Crippen LogP contribution in [-0.2, 0) is 9.53 Å². The minimum absolute atomic E-state index is 0.0609. The number of hydrogen-bond acceptors (Lipinski definition) is 5. The minimum Gasteiger partial charge on any atom is -0.482 e. The molecule has 1 aromatic rings. The average molecular weight is 334 g/mol. The first-order valence-electron chi connectivity index (χ1n) is 6.48. The summed E-state index contributed by atoms with van der Waals surface area (Å²) in [6.07, 6.45) is -4.45. The lowest BCUT2D eigenvalue weighted by atomic mass is 10.1. The highest BCUT2D eigenvalue weighted by Crippen LogP contribution is 2.32. The van der Waals surface area contributed by atoms with Gasteiger partial charge in [-0.15, -0.1) is 0 Å². The van der Waals surface area contributed by atoms with Crippen LogP contribution in [0, 0.1) is 0 Å². The zero-order valence-corrected chi connectivity index (χ0v) is 11.7. The molecule has 0 unspecified atom stereocenters. The molecular weight excluding hydrogens is 321 g/mol. The lowest BCUT2D eigenvalue weighted by Crippen LogP contribution is -2.41. The first-order valence-corrected chi connectivity index (χ1v) is 6.48. The largest absolute Gasteiger partial charge is 0.482 e. The summed E-state index contributed by atoms with van der Waals surface area (Å²) >= 11 is 0. The van der Waals surface area contributed by atoms with E-state index < -0.39 is 24.6 Å². The smallest absolute Gasteiger partial charge is 0.411 e. The molecule has 2 rings (SSSR count). The van der Waals surface area contributed by atoms with E-state index in [-0.39, 0.29) is 31.0 Å². The Labute approximate surface area is 128 Å². The minimum atomic E-state index is -4.45. The molecule has 0 saturated carbocycles. The van der Waals surface area contributed by atoms with Crippen LogP contribution in [0.4, 0.5) is 18.9 Å². The molecule has 7 nitrogen and oxygen atoms in total. The van der Waals surface area contributed by atoms with E-state index in [1.54, 1.807) is 0 Å². The lowest BCUT2D eigenvalue weighted by molar-refractivity contribution is -0.173. The molecule has 1 aliphatic heterocycles. The van der Waals surface area contributed by atoms with Gasteiger partial charge in [-0.05, 0) is 18.2 Å². The summed E-state index contributed by atoms with van der Waals surface area (Å²) in [4.78, 5) is 24.4. The Morgan fingerprint density at radius 2 is 2.17 bits per heavy atom. The van der Waals surface area contributed by atoms with E-state index in [9.17, 15) is 22.8 Å². The molecule has 1 aromatic carbocycles. The van der Waals surface area contributed by atoms with Crippen molar-refractivity contribution in [2.75, 3.05) is 31.3 Å². The first-order chi connectivity index (χ1) is 10.8. The number of amides is 2. The van der Waals surface area contributed by atoms with E-state index >= 15 is 0 Å². The summed E-state index contributed by atoms with van der Waals surface area (Å²) in [7, 11) is 0. The number of rotatable bonds is 5. The molecule has 126 valence electrons. The van der Waals surface area contributed by atoms with E-state index in [0.29, 0.717) is 5.75 Å².